The summed E-state index contributed by atoms with van der Waals surface area (Å²) in [5.74, 6) is 0. The Hall–Kier alpha value is -7.94. The van der Waals surface area contributed by atoms with Crippen LogP contribution >= 0.6 is 0 Å². The lowest BCUT2D eigenvalue weighted by atomic mass is 9.82. The van der Waals surface area contributed by atoms with Crippen LogP contribution in [-0.2, 0) is 5.41 Å². The van der Waals surface area contributed by atoms with Gasteiger partial charge in [0.05, 0.1) is 11.0 Å². The maximum Gasteiger partial charge on any atom is 0.0541 e. The molecule has 0 radical (unpaired) electrons. The summed E-state index contributed by atoms with van der Waals surface area (Å²) in [6.45, 7) is 4.73. The molecule has 0 spiro atoms. The van der Waals surface area contributed by atoms with Crippen molar-refractivity contribution in [3.63, 3.8) is 0 Å². The Morgan fingerprint density at radius 1 is 0.333 bits per heavy atom. The van der Waals surface area contributed by atoms with Crippen molar-refractivity contribution in [2.24, 2.45) is 0 Å². The molecule has 296 valence electrons. The third-order valence-corrected chi connectivity index (χ3v) is 13.9. The molecule has 2 heteroatoms. The van der Waals surface area contributed by atoms with Gasteiger partial charge in [0.2, 0.25) is 0 Å². The maximum absolute atomic E-state index is 2.45. The van der Waals surface area contributed by atoms with Crippen molar-refractivity contribution in [3.05, 3.63) is 230 Å². The first-order chi connectivity index (χ1) is 31.0. The predicted molar refractivity (Wildman–Crippen MR) is 268 cm³/mol. The van der Waals surface area contributed by atoms with Crippen LogP contribution in [0.15, 0.2) is 218 Å². The van der Waals surface area contributed by atoms with Gasteiger partial charge in [-0.1, -0.05) is 166 Å². The number of benzene rings is 11. The van der Waals surface area contributed by atoms with Crippen LogP contribution in [0, 0.1) is 0 Å². The monoisotopic (exact) mass is 802 g/mol. The molecule has 0 unspecified atom stereocenters. The quantitative estimate of drug-likeness (QED) is 0.157. The first-order valence-electron chi connectivity index (χ1n) is 22.0. The molecule has 0 saturated heterocycles. The first kappa shape index (κ1) is 35.8. The van der Waals surface area contributed by atoms with Gasteiger partial charge in [0.15, 0.2) is 0 Å². The predicted octanol–water partition coefficient (Wildman–Crippen LogP) is 16.8. The fourth-order valence-corrected chi connectivity index (χ4v) is 10.9. The fraction of sp³-hybridized carbons (Fsp3) is 0.0492. The molecular formula is C61H42N2. The second-order valence-corrected chi connectivity index (χ2v) is 17.7. The largest absolute Gasteiger partial charge is 0.310 e. The lowest BCUT2D eigenvalue weighted by molar-refractivity contribution is 0.660. The van der Waals surface area contributed by atoms with Gasteiger partial charge in [-0.2, -0.15) is 0 Å². The minimum absolute atomic E-state index is 0.119. The zero-order valence-corrected chi connectivity index (χ0v) is 35.2. The average Bonchev–Trinajstić information content (AvgIpc) is 3.79. The number of anilines is 3. The molecule has 0 atom stereocenters. The molecule has 11 aromatic carbocycles. The molecule has 13 rings (SSSR count). The third kappa shape index (κ3) is 5.38. The van der Waals surface area contributed by atoms with Gasteiger partial charge in [-0.25, -0.2) is 0 Å². The van der Waals surface area contributed by atoms with Crippen LogP contribution in [0.1, 0.15) is 25.0 Å². The SMILES string of the molecule is CC1(C)c2ccccc2-c2ccc(N(c3ccc(-c4ccc5c(c4)c4ccccc4n5-c4ccc5ccccc5c4)cc3)c3ccc4c5ccccc5c5ccccc5c4c3)cc21. The Morgan fingerprint density at radius 3 is 1.67 bits per heavy atom. The van der Waals surface area contributed by atoms with Crippen LogP contribution in [0.2, 0.25) is 0 Å². The van der Waals surface area contributed by atoms with E-state index < -0.39 is 0 Å². The second-order valence-electron chi connectivity index (χ2n) is 17.7. The van der Waals surface area contributed by atoms with Gasteiger partial charge in [-0.15, -0.1) is 0 Å². The van der Waals surface area contributed by atoms with E-state index in [1.807, 2.05) is 0 Å². The zero-order chi connectivity index (χ0) is 41.8. The smallest absolute Gasteiger partial charge is 0.0541 e. The molecule has 0 amide bonds. The number of aromatic nitrogens is 1. The van der Waals surface area contributed by atoms with Crippen LogP contribution in [0.3, 0.4) is 0 Å². The standard InChI is InChI=1S/C61H42N2/c1-61(2)57-21-11-9-19-52(57)53-33-31-46(38-58(53)61)62(45-30-32-51-49-17-6-5-15-47(49)48-16-7-8-18-50(48)55(51)37-45)43-27-23-40(24-28-43)42-26-34-60-56(36-42)54-20-10-12-22-59(54)63(60)44-29-25-39-13-3-4-14-41(39)35-44/h3-38H,1-2H3. The molecule has 2 nitrogen and oxygen atoms in total. The van der Waals surface area contributed by atoms with Crippen molar-refractivity contribution in [1.82, 2.24) is 4.57 Å². The van der Waals surface area contributed by atoms with Crippen molar-refractivity contribution in [3.8, 4) is 27.9 Å². The fourth-order valence-electron chi connectivity index (χ4n) is 10.9. The van der Waals surface area contributed by atoms with Gasteiger partial charge < -0.3 is 9.47 Å². The molecule has 0 N–H and O–H groups in total. The minimum atomic E-state index is -0.119. The van der Waals surface area contributed by atoms with Crippen molar-refractivity contribution in [2.75, 3.05) is 4.90 Å². The van der Waals surface area contributed by atoms with E-state index in [4.69, 9.17) is 0 Å². The summed E-state index contributed by atoms with van der Waals surface area (Å²) in [6.07, 6.45) is 0. The van der Waals surface area contributed by atoms with E-state index in [1.165, 1.54) is 104 Å². The van der Waals surface area contributed by atoms with Crippen molar-refractivity contribution in [1.29, 1.82) is 0 Å². The molecular weight excluding hydrogens is 761 g/mol. The van der Waals surface area contributed by atoms with Crippen LogP contribution in [0.25, 0.3) is 92.8 Å². The Bertz CT molecular complexity index is 3790. The highest BCUT2D eigenvalue weighted by Gasteiger charge is 2.35. The summed E-state index contributed by atoms with van der Waals surface area (Å²) in [5, 5.41) is 12.6. The maximum atomic E-state index is 2.45. The van der Waals surface area contributed by atoms with E-state index in [0.29, 0.717) is 0 Å². The van der Waals surface area contributed by atoms with Crippen molar-refractivity contribution < 1.29 is 0 Å². The van der Waals surface area contributed by atoms with E-state index in [-0.39, 0.29) is 5.41 Å². The van der Waals surface area contributed by atoms with E-state index in [9.17, 15) is 0 Å². The highest BCUT2D eigenvalue weighted by Crippen LogP contribution is 2.51. The summed E-state index contributed by atoms with van der Waals surface area (Å²) in [5.41, 5.74) is 14.6. The molecule has 0 bridgehead atoms. The number of hydrogen-bond donors (Lipinski definition) is 0. The third-order valence-electron chi connectivity index (χ3n) is 13.9. The van der Waals surface area contributed by atoms with Crippen LogP contribution in [0.4, 0.5) is 17.1 Å². The topological polar surface area (TPSA) is 8.17 Å². The van der Waals surface area contributed by atoms with E-state index >= 15 is 0 Å². The van der Waals surface area contributed by atoms with Gasteiger partial charge >= 0.3 is 0 Å². The van der Waals surface area contributed by atoms with Gasteiger partial charge in [-0.3, -0.25) is 0 Å². The minimum Gasteiger partial charge on any atom is -0.310 e. The zero-order valence-electron chi connectivity index (χ0n) is 35.2. The molecule has 0 aliphatic heterocycles. The summed E-state index contributed by atoms with van der Waals surface area (Å²) in [7, 11) is 0. The van der Waals surface area contributed by atoms with E-state index in [1.54, 1.807) is 0 Å². The van der Waals surface area contributed by atoms with Crippen molar-refractivity contribution in [2.45, 2.75) is 19.3 Å². The van der Waals surface area contributed by atoms with Crippen molar-refractivity contribution >= 4 is 82.0 Å². The van der Waals surface area contributed by atoms with E-state index in [2.05, 4.69) is 242 Å². The Kier molecular flexibility index (Phi) is 7.68. The van der Waals surface area contributed by atoms with Gasteiger partial charge in [-0.05, 0) is 143 Å². The number of fused-ring (bicyclic) bond motifs is 13. The van der Waals surface area contributed by atoms with Crippen LogP contribution in [-0.4, -0.2) is 4.57 Å². The van der Waals surface area contributed by atoms with Gasteiger partial charge in [0.1, 0.15) is 0 Å². The number of nitrogens with zero attached hydrogens (tertiary/aromatic N) is 2. The second kappa shape index (κ2) is 13.5. The number of para-hydroxylation sites is 1. The number of hydrogen-bond acceptors (Lipinski definition) is 1. The average molecular weight is 803 g/mol. The molecule has 1 aliphatic rings. The van der Waals surface area contributed by atoms with Gasteiger partial charge in [0.25, 0.3) is 0 Å². The Morgan fingerprint density at radius 2 is 0.889 bits per heavy atom. The molecule has 12 aromatic rings. The normalized spacial score (nSPS) is 13.0. The Balaban J connectivity index is 0.962. The molecule has 63 heavy (non-hydrogen) atoms. The molecule has 0 fully saturated rings. The highest BCUT2D eigenvalue weighted by molar-refractivity contribution is 6.26. The summed E-state index contributed by atoms with van der Waals surface area (Å²) >= 11 is 0. The summed E-state index contributed by atoms with van der Waals surface area (Å²) in [6, 6.07) is 81.0. The summed E-state index contributed by atoms with van der Waals surface area (Å²) < 4.78 is 2.41. The van der Waals surface area contributed by atoms with E-state index in [0.717, 1.165) is 17.1 Å². The molecule has 0 saturated carbocycles. The van der Waals surface area contributed by atoms with Crippen LogP contribution < -0.4 is 4.90 Å². The molecule has 1 aliphatic carbocycles. The lowest BCUT2D eigenvalue weighted by Gasteiger charge is -2.28. The first-order valence-corrected chi connectivity index (χ1v) is 22.0. The molecule has 1 heterocycles. The summed E-state index contributed by atoms with van der Waals surface area (Å²) in [4.78, 5) is 2.45. The van der Waals surface area contributed by atoms with Crippen LogP contribution in [0.5, 0.6) is 0 Å². The van der Waals surface area contributed by atoms with Gasteiger partial charge in [0, 0.05) is 38.9 Å². The number of rotatable bonds is 5. The lowest BCUT2D eigenvalue weighted by Crippen LogP contribution is -2.16. The molecule has 1 aromatic heterocycles. The Labute approximate surface area is 366 Å². The highest BCUT2D eigenvalue weighted by atomic mass is 15.1.